The van der Waals surface area contributed by atoms with Gasteiger partial charge in [-0.25, -0.2) is 8.42 Å². The van der Waals surface area contributed by atoms with Gasteiger partial charge in [-0.3, -0.25) is 9.52 Å². The van der Waals surface area contributed by atoms with Gasteiger partial charge in [0.1, 0.15) is 6.26 Å². The minimum absolute atomic E-state index is 0.0979. The highest BCUT2D eigenvalue weighted by molar-refractivity contribution is 7.91. The maximum atomic E-state index is 12.6. The summed E-state index contributed by atoms with van der Waals surface area (Å²) in [6, 6.07) is 14.1. The highest BCUT2D eigenvalue weighted by Crippen LogP contribution is 2.44. The Kier molecular flexibility index (Phi) is 4.53. The quantitative estimate of drug-likeness (QED) is 0.629. The molecule has 27 heavy (non-hydrogen) atoms. The number of hydrogen-bond acceptors (Lipinski definition) is 5. The van der Waals surface area contributed by atoms with Gasteiger partial charge in [0.15, 0.2) is 5.78 Å². The van der Waals surface area contributed by atoms with Gasteiger partial charge in [0.25, 0.3) is 0 Å². The van der Waals surface area contributed by atoms with Gasteiger partial charge in [0.05, 0.1) is 23.2 Å². The number of benzene rings is 2. The summed E-state index contributed by atoms with van der Waals surface area (Å²) in [7, 11) is -3.55. The molecule has 6 nitrogen and oxygen atoms in total. The van der Waals surface area contributed by atoms with Crippen LogP contribution >= 0.6 is 0 Å². The topological polar surface area (TPSA) is 89.3 Å². The van der Waals surface area contributed by atoms with Crippen LogP contribution in [-0.4, -0.2) is 19.4 Å². The second-order valence-corrected chi connectivity index (χ2v) is 8.39. The number of carbonyl (C=O) groups excluding carboxylic acids is 1. The highest BCUT2D eigenvalue weighted by Gasteiger charge is 2.28. The van der Waals surface area contributed by atoms with E-state index in [1.807, 2.05) is 18.2 Å². The fraction of sp³-hybridized carbons (Fsp3) is 0.200. The van der Waals surface area contributed by atoms with Crippen molar-refractivity contribution in [2.75, 3.05) is 4.72 Å². The molecule has 0 aliphatic heterocycles. The van der Waals surface area contributed by atoms with E-state index in [4.69, 9.17) is 4.52 Å². The lowest BCUT2D eigenvalue weighted by Crippen LogP contribution is -2.16. The molecule has 0 unspecified atom stereocenters. The maximum Gasteiger partial charge on any atom is 0.236 e. The molecule has 1 aliphatic rings. The van der Waals surface area contributed by atoms with Crippen LogP contribution in [0.5, 0.6) is 0 Å². The molecule has 2 aromatic carbocycles. The summed E-state index contributed by atoms with van der Waals surface area (Å²) in [5, 5.41) is 3.56. The fourth-order valence-electron chi connectivity index (χ4n) is 3.01. The Hall–Kier alpha value is -2.93. The number of nitrogens with one attached hydrogen (secondary N) is 1. The average molecular weight is 382 g/mol. The van der Waals surface area contributed by atoms with Gasteiger partial charge in [-0.1, -0.05) is 35.5 Å². The van der Waals surface area contributed by atoms with Crippen LogP contribution in [0.3, 0.4) is 0 Å². The number of rotatable bonds is 7. The Labute approximate surface area is 157 Å². The lowest BCUT2D eigenvalue weighted by molar-refractivity contribution is 0.103. The summed E-state index contributed by atoms with van der Waals surface area (Å²) in [5.74, 6) is -0.0224. The van der Waals surface area contributed by atoms with Crippen molar-refractivity contribution in [2.24, 2.45) is 0 Å². The molecular weight excluding hydrogens is 364 g/mol. The van der Waals surface area contributed by atoms with Crippen molar-refractivity contribution in [1.82, 2.24) is 5.16 Å². The molecule has 1 heterocycles. The molecule has 7 heteroatoms. The molecule has 1 fully saturated rings. The first-order valence-corrected chi connectivity index (χ1v) is 10.3. The zero-order valence-electron chi connectivity index (χ0n) is 14.5. The average Bonchev–Trinajstić information content (AvgIpc) is 3.35. The van der Waals surface area contributed by atoms with Crippen molar-refractivity contribution in [3.05, 3.63) is 83.2 Å². The normalized spacial score (nSPS) is 14.1. The number of aromatic nitrogens is 1. The third kappa shape index (κ3) is 4.09. The van der Waals surface area contributed by atoms with Crippen LogP contribution in [0.25, 0.3) is 0 Å². The Balaban J connectivity index is 1.60. The minimum atomic E-state index is -3.55. The van der Waals surface area contributed by atoms with Crippen LogP contribution in [-0.2, 0) is 15.8 Å². The lowest BCUT2D eigenvalue weighted by atomic mass is 10.0. The Bertz CT molecular complexity index is 1060. The van der Waals surface area contributed by atoms with Crippen LogP contribution in [0.1, 0.15) is 45.8 Å². The first-order chi connectivity index (χ1) is 13.0. The van der Waals surface area contributed by atoms with Crippen LogP contribution in [0, 0.1) is 0 Å². The summed E-state index contributed by atoms with van der Waals surface area (Å²) < 4.78 is 32.6. The van der Waals surface area contributed by atoms with E-state index in [0.717, 1.165) is 24.0 Å². The van der Waals surface area contributed by atoms with Crippen molar-refractivity contribution < 1.29 is 17.7 Å². The second kappa shape index (κ2) is 7.00. The third-order valence-corrected chi connectivity index (χ3v) is 5.73. The fourth-order valence-corrected chi connectivity index (χ4v) is 4.23. The van der Waals surface area contributed by atoms with E-state index in [1.165, 1.54) is 12.5 Å². The molecule has 138 valence electrons. The number of anilines is 1. The molecule has 0 amide bonds. The molecule has 1 saturated carbocycles. The van der Waals surface area contributed by atoms with Crippen molar-refractivity contribution in [3.63, 3.8) is 0 Å². The molecule has 1 aromatic heterocycles. The van der Waals surface area contributed by atoms with Crippen LogP contribution < -0.4 is 4.72 Å². The van der Waals surface area contributed by atoms with Gasteiger partial charge in [0, 0.05) is 5.56 Å². The van der Waals surface area contributed by atoms with Gasteiger partial charge < -0.3 is 4.52 Å². The number of sulfonamides is 1. The molecule has 0 spiro atoms. The van der Waals surface area contributed by atoms with Crippen molar-refractivity contribution in [1.29, 1.82) is 0 Å². The smallest absolute Gasteiger partial charge is 0.236 e. The Morgan fingerprint density at radius 3 is 2.56 bits per heavy atom. The summed E-state index contributed by atoms with van der Waals surface area (Å²) in [4.78, 5) is 12.5. The zero-order chi connectivity index (χ0) is 18.9. The molecule has 0 radical (unpaired) electrons. The predicted octanol–water partition coefficient (Wildman–Crippen LogP) is 3.72. The first-order valence-electron chi connectivity index (χ1n) is 8.64. The Morgan fingerprint density at radius 2 is 1.89 bits per heavy atom. The van der Waals surface area contributed by atoms with Crippen molar-refractivity contribution in [2.45, 2.75) is 24.5 Å². The molecule has 3 aromatic rings. The molecular formula is C20H18N2O4S. The van der Waals surface area contributed by atoms with Gasteiger partial charge in [-0.15, -0.1) is 0 Å². The molecule has 0 saturated heterocycles. The van der Waals surface area contributed by atoms with Crippen molar-refractivity contribution in [3.8, 4) is 0 Å². The summed E-state index contributed by atoms with van der Waals surface area (Å²) in [6.45, 7) is 0. The summed E-state index contributed by atoms with van der Waals surface area (Å²) in [5.41, 5.74) is 2.97. The standard InChI is InChI=1S/C20H18N2O4S/c23-20(17-11-21-26-12-17)16-8-9-19(18(10-16)15-6-7-15)22-27(24,25)13-14-4-2-1-3-5-14/h1-5,8-12,15,22H,6-7,13H2. The molecule has 0 bridgehead atoms. The third-order valence-electron chi connectivity index (χ3n) is 4.49. The number of ketones is 1. The van der Waals surface area contributed by atoms with E-state index in [1.54, 1.807) is 30.3 Å². The van der Waals surface area contributed by atoms with E-state index in [2.05, 4.69) is 9.88 Å². The zero-order valence-corrected chi connectivity index (χ0v) is 15.3. The number of carbonyl (C=O) groups is 1. The highest BCUT2D eigenvalue weighted by atomic mass is 32.2. The first kappa shape index (κ1) is 17.5. The van der Waals surface area contributed by atoms with E-state index >= 15 is 0 Å². The van der Waals surface area contributed by atoms with E-state index in [-0.39, 0.29) is 17.5 Å². The minimum Gasteiger partial charge on any atom is -0.364 e. The van der Waals surface area contributed by atoms with Gasteiger partial charge in [-0.05, 0) is 48.1 Å². The largest absolute Gasteiger partial charge is 0.364 e. The Morgan fingerprint density at radius 1 is 1.11 bits per heavy atom. The van der Waals surface area contributed by atoms with Gasteiger partial charge in [0.2, 0.25) is 10.0 Å². The van der Waals surface area contributed by atoms with Gasteiger partial charge in [-0.2, -0.15) is 0 Å². The van der Waals surface area contributed by atoms with Crippen LogP contribution in [0.15, 0.2) is 65.5 Å². The molecule has 0 atom stereocenters. The van der Waals surface area contributed by atoms with E-state index < -0.39 is 10.0 Å². The lowest BCUT2D eigenvalue weighted by Gasteiger charge is -2.14. The molecule has 4 rings (SSSR count). The maximum absolute atomic E-state index is 12.6. The van der Waals surface area contributed by atoms with Gasteiger partial charge >= 0.3 is 0 Å². The van der Waals surface area contributed by atoms with E-state index in [0.29, 0.717) is 16.8 Å². The summed E-state index contributed by atoms with van der Waals surface area (Å²) in [6.07, 6.45) is 4.64. The predicted molar refractivity (Wildman–Crippen MR) is 101 cm³/mol. The second-order valence-electron chi connectivity index (χ2n) is 6.67. The molecule has 1 aliphatic carbocycles. The molecule has 1 N–H and O–H groups in total. The summed E-state index contributed by atoms with van der Waals surface area (Å²) >= 11 is 0. The van der Waals surface area contributed by atoms with Crippen LogP contribution in [0.4, 0.5) is 5.69 Å². The number of nitrogens with zero attached hydrogens (tertiary/aromatic N) is 1. The van der Waals surface area contributed by atoms with Crippen LogP contribution in [0.2, 0.25) is 0 Å². The van der Waals surface area contributed by atoms with Crippen molar-refractivity contribution >= 4 is 21.5 Å². The monoisotopic (exact) mass is 382 g/mol. The van der Waals surface area contributed by atoms with E-state index in [9.17, 15) is 13.2 Å². The number of hydrogen-bond donors (Lipinski definition) is 1. The SMILES string of the molecule is O=C(c1cnoc1)c1ccc(NS(=O)(=O)Cc2ccccc2)c(C2CC2)c1.